The van der Waals surface area contributed by atoms with Gasteiger partial charge < -0.3 is 19.2 Å². The van der Waals surface area contributed by atoms with E-state index in [4.69, 9.17) is 14.7 Å². The van der Waals surface area contributed by atoms with Gasteiger partial charge in [0.25, 0.3) is 0 Å². The summed E-state index contributed by atoms with van der Waals surface area (Å²) >= 11 is 0. The third-order valence-corrected chi connectivity index (χ3v) is 10.3. The minimum absolute atomic E-state index is 0.678. The lowest BCUT2D eigenvalue weighted by Crippen LogP contribution is -2.35. The second kappa shape index (κ2) is 14.8. The number of aromatic amines is 2. The van der Waals surface area contributed by atoms with E-state index < -0.39 is 0 Å². The van der Waals surface area contributed by atoms with Crippen molar-refractivity contribution in [1.29, 1.82) is 0 Å². The average Bonchev–Trinajstić information content (AvgIpc) is 4.06. The van der Waals surface area contributed by atoms with Crippen LogP contribution in [0.1, 0.15) is 29.2 Å². The SMILES string of the molecule is C[N+](C)(C)CCCOc1ccc(-c2c3nc(c(-c4ccccc4)c4ccc([nH]4)c(-c4ccccc4)c4nc(c(-c5ccccc5)c5ccc2[nH]5)C=C4)C=C3)cc1. The zero-order valence-corrected chi connectivity index (χ0v) is 32.0. The number of fused-ring (bicyclic) bond motifs is 8. The van der Waals surface area contributed by atoms with Crippen LogP contribution < -0.4 is 4.74 Å². The summed E-state index contributed by atoms with van der Waals surface area (Å²) in [4.78, 5) is 18.5. The molecule has 0 saturated heterocycles. The topological polar surface area (TPSA) is 66.6 Å². The van der Waals surface area contributed by atoms with Crippen LogP contribution in [0.3, 0.4) is 0 Å². The molecule has 2 aliphatic heterocycles. The molecule has 2 aliphatic rings. The molecule has 0 aliphatic carbocycles. The number of H-pyrrole nitrogens is 2. The van der Waals surface area contributed by atoms with E-state index in [2.05, 4.69) is 195 Å². The molecule has 5 heterocycles. The van der Waals surface area contributed by atoms with Gasteiger partial charge in [-0.1, -0.05) is 103 Å². The maximum absolute atomic E-state index is 6.19. The van der Waals surface area contributed by atoms with Gasteiger partial charge in [0.05, 0.1) is 57.1 Å². The largest absolute Gasteiger partial charge is 0.493 e. The summed E-state index contributed by atoms with van der Waals surface area (Å²) in [6.45, 7) is 1.73. The molecular weight excluding hydrogens is 687 g/mol. The molecule has 0 atom stereocenters. The van der Waals surface area contributed by atoms with E-state index in [-0.39, 0.29) is 0 Å². The van der Waals surface area contributed by atoms with Crippen LogP contribution in [0.5, 0.6) is 5.75 Å². The van der Waals surface area contributed by atoms with Gasteiger partial charge in [-0.05, 0) is 83.0 Å². The molecule has 0 unspecified atom stereocenters. The predicted molar refractivity (Wildman–Crippen MR) is 234 cm³/mol. The Bertz CT molecular complexity index is 2720. The van der Waals surface area contributed by atoms with Crippen LogP contribution in [-0.2, 0) is 0 Å². The minimum Gasteiger partial charge on any atom is -0.493 e. The molecule has 8 bridgehead atoms. The van der Waals surface area contributed by atoms with E-state index in [1.54, 1.807) is 0 Å². The van der Waals surface area contributed by atoms with E-state index in [1.807, 2.05) is 0 Å². The average molecular weight is 731 g/mol. The van der Waals surface area contributed by atoms with Gasteiger partial charge in [-0.25, -0.2) is 9.97 Å². The van der Waals surface area contributed by atoms with Gasteiger partial charge in [-0.2, -0.15) is 0 Å². The van der Waals surface area contributed by atoms with Gasteiger partial charge in [0.1, 0.15) is 5.75 Å². The maximum Gasteiger partial charge on any atom is 0.119 e. The molecule has 274 valence electrons. The summed E-state index contributed by atoms with van der Waals surface area (Å²) < 4.78 is 7.11. The lowest BCUT2D eigenvalue weighted by atomic mass is 10.0. The number of hydrogen-bond donors (Lipinski definition) is 2. The van der Waals surface area contributed by atoms with Crippen LogP contribution in [-0.4, -0.2) is 58.7 Å². The van der Waals surface area contributed by atoms with Crippen molar-refractivity contribution in [3.05, 3.63) is 162 Å². The molecule has 6 heteroatoms. The van der Waals surface area contributed by atoms with Gasteiger partial charge >= 0.3 is 0 Å². The summed E-state index contributed by atoms with van der Waals surface area (Å²) in [6.07, 6.45) is 9.54. The molecule has 2 N–H and O–H groups in total. The predicted octanol–water partition coefficient (Wildman–Crippen LogP) is 11.8. The Morgan fingerprint density at radius 3 is 1.11 bits per heavy atom. The van der Waals surface area contributed by atoms with Crippen molar-refractivity contribution < 1.29 is 9.22 Å². The Morgan fingerprint density at radius 1 is 0.429 bits per heavy atom. The first-order valence-corrected chi connectivity index (χ1v) is 19.2. The molecule has 56 heavy (non-hydrogen) atoms. The van der Waals surface area contributed by atoms with Crippen molar-refractivity contribution in [3.63, 3.8) is 0 Å². The van der Waals surface area contributed by atoms with Crippen LogP contribution in [0.25, 0.3) is 90.9 Å². The molecule has 6 nitrogen and oxygen atoms in total. The summed E-state index contributed by atoms with van der Waals surface area (Å²) in [7, 11) is 6.63. The Balaban J connectivity index is 1.33. The number of hydrogen-bond acceptors (Lipinski definition) is 3. The van der Waals surface area contributed by atoms with Gasteiger partial charge in [-0.3, -0.25) is 0 Å². The second-order valence-electron chi connectivity index (χ2n) is 15.3. The van der Waals surface area contributed by atoms with Crippen molar-refractivity contribution in [2.45, 2.75) is 6.42 Å². The Hall–Kier alpha value is -6.76. The van der Waals surface area contributed by atoms with Crippen molar-refractivity contribution in [3.8, 4) is 50.3 Å². The van der Waals surface area contributed by atoms with E-state index in [9.17, 15) is 0 Å². The number of quaternary nitrogens is 1. The Labute approximate surface area is 327 Å². The van der Waals surface area contributed by atoms with Gasteiger partial charge in [-0.15, -0.1) is 0 Å². The summed E-state index contributed by atoms with van der Waals surface area (Å²) in [5, 5.41) is 0. The minimum atomic E-state index is 0.678. The molecular formula is C50H44N5O+. The summed E-state index contributed by atoms with van der Waals surface area (Å²) in [6, 6.07) is 48.6. The van der Waals surface area contributed by atoms with E-state index >= 15 is 0 Å². The molecule has 0 spiro atoms. The van der Waals surface area contributed by atoms with Crippen molar-refractivity contribution >= 4 is 46.4 Å². The third kappa shape index (κ3) is 7.10. The number of nitrogens with one attached hydrogen (secondary N) is 2. The molecule has 3 aromatic heterocycles. The van der Waals surface area contributed by atoms with Crippen molar-refractivity contribution in [2.75, 3.05) is 34.3 Å². The fourth-order valence-electron chi connectivity index (χ4n) is 7.68. The Morgan fingerprint density at radius 2 is 0.768 bits per heavy atom. The summed E-state index contributed by atoms with van der Waals surface area (Å²) in [5.41, 5.74) is 15.9. The second-order valence-corrected chi connectivity index (χ2v) is 15.3. The highest BCUT2D eigenvalue weighted by Gasteiger charge is 2.19. The number of ether oxygens (including phenoxy) is 1. The third-order valence-electron chi connectivity index (χ3n) is 10.3. The van der Waals surface area contributed by atoms with Crippen molar-refractivity contribution in [2.24, 2.45) is 0 Å². The van der Waals surface area contributed by atoms with Gasteiger partial charge in [0.2, 0.25) is 0 Å². The molecule has 7 aromatic rings. The molecule has 9 rings (SSSR count). The van der Waals surface area contributed by atoms with E-state index in [0.29, 0.717) is 6.61 Å². The van der Waals surface area contributed by atoms with Crippen LogP contribution in [0, 0.1) is 0 Å². The van der Waals surface area contributed by atoms with E-state index in [0.717, 1.165) is 113 Å². The van der Waals surface area contributed by atoms with Gasteiger partial charge in [0.15, 0.2) is 0 Å². The lowest BCUT2D eigenvalue weighted by molar-refractivity contribution is -0.870. The van der Waals surface area contributed by atoms with Crippen LogP contribution >= 0.6 is 0 Å². The maximum atomic E-state index is 6.19. The standard InChI is InChI=1S/C50H44N5O/c1-55(2,3)32-13-33-56-38-22-20-37(21-23-38)50-45-30-28-43(53-45)48(35-16-9-5-10-17-35)41-26-24-39(51-41)47(34-14-7-4-8-15-34)40-25-27-42(52-40)49(36-18-11-6-12-19-36)44-29-31-46(50)54-44/h4-12,14-31,51,54H,13,32-33H2,1-3H3/q+1. The van der Waals surface area contributed by atoms with Crippen LogP contribution in [0.4, 0.5) is 0 Å². The molecule has 4 aromatic carbocycles. The molecule has 0 fully saturated rings. The van der Waals surface area contributed by atoms with Gasteiger partial charge in [0, 0.05) is 50.7 Å². The monoisotopic (exact) mass is 730 g/mol. The first-order valence-electron chi connectivity index (χ1n) is 19.2. The van der Waals surface area contributed by atoms with Crippen LogP contribution in [0.2, 0.25) is 0 Å². The zero-order chi connectivity index (χ0) is 38.1. The zero-order valence-electron chi connectivity index (χ0n) is 32.0. The number of benzene rings is 4. The smallest absolute Gasteiger partial charge is 0.119 e. The number of rotatable bonds is 9. The quantitative estimate of drug-likeness (QED) is 0.115. The summed E-state index contributed by atoms with van der Waals surface area (Å²) in [5.74, 6) is 0.860. The van der Waals surface area contributed by atoms with Crippen LogP contribution in [0.15, 0.2) is 140 Å². The lowest BCUT2D eigenvalue weighted by Gasteiger charge is -2.23. The Kier molecular flexibility index (Phi) is 9.25. The highest BCUT2D eigenvalue weighted by molar-refractivity contribution is 5.99. The molecule has 0 radical (unpaired) electrons. The first kappa shape index (κ1) is 35.0. The number of aromatic nitrogens is 4. The fraction of sp³-hybridized carbons (Fsp3) is 0.120. The molecule has 0 saturated carbocycles. The van der Waals surface area contributed by atoms with E-state index in [1.165, 1.54) is 0 Å². The molecule has 0 amide bonds. The number of nitrogens with zero attached hydrogens (tertiary/aromatic N) is 3. The fourth-order valence-corrected chi connectivity index (χ4v) is 7.68. The van der Waals surface area contributed by atoms with Crippen molar-refractivity contribution in [1.82, 2.24) is 19.9 Å². The normalized spacial score (nSPS) is 12.3. The highest BCUT2D eigenvalue weighted by atomic mass is 16.5. The first-order chi connectivity index (χ1) is 27.4. The highest BCUT2D eigenvalue weighted by Crippen LogP contribution is 2.38.